The highest BCUT2D eigenvalue weighted by Crippen LogP contribution is 2.42. The first kappa shape index (κ1) is 14.1. The number of rotatable bonds is 4. The zero-order valence-corrected chi connectivity index (χ0v) is 12.1. The summed E-state index contributed by atoms with van der Waals surface area (Å²) in [5.74, 6) is -0.284. The molecule has 4 heteroatoms. The highest BCUT2D eigenvalue weighted by molar-refractivity contribution is 5.85. The van der Waals surface area contributed by atoms with E-state index in [4.69, 9.17) is 0 Å². The van der Waals surface area contributed by atoms with Gasteiger partial charge in [0.1, 0.15) is 6.04 Å². The van der Waals surface area contributed by atoms with Gasteiger partial charge in [0, 0.05) is 13.0 Å². The van der Waals surface area contributed by atoms with Gasteiger partial charge in [-0.15, -0.1) is 0 Å². The molecule has 0 bridgehead atoms. The third-order valence-electron chi connectivity index (χ3n) is 4.93. The number of aryl methyl sites for hydroxylation is 1. The molecular weight excluding hydrogens is 266 g/mol. The molecule has 21 heavy (non-hydrogen) atoms. The second-order valence-corrected chi connectivity index (χ2v) is 6.17. The Balaban J connectivity index is 1.65. The minimum Gasteiger partial charge on any atom is -0.480 e. The van der Waals surface area contributed by atoms with Gasteiger partial charge in [0.25, 0.3) is 0 Å². The molecule has 0 aromatic heterocycles. The van der Waals surface area contributed by atoms with E-state index in [0.29, 0.717) is 25.3 Å². The lowest BCUT2D eigenvalue weighted by Crippen LogP contribution is -2.43. The number of likely N-dealkylation sites (tertiary alicyclic amines) is 1. The van der Waals surface area contributed by atoms with E-state index in [9.17, 15) is 14.7 Å². The highest BCUT2D eigenvalue weighted by Gasteiger charge is 2.49. The highest BCUT2D eigenvalue weighted by atomic mass is 16.4. The summed E-state index contributed by atoms with van der Waals surface area (Å²) < 4.78 is 0. The Morgan fingerprint density at radius 3 is 2.67 bits per heavy atom. The van der Waals surface area contributed by atoms with Crippen molar-refractivity contribution < 1.29 is 14.7 Å². The monoisotopic (exact) mass is 287 g/mol. The molecule has 1 saturated carbocycles. The molecule has 1 aromatic carbocycles. The molecule has 1 aliphatic carbocycles. The summed E-state index contributed by atoms with van der Waals surface area (Å²) >= 11 is 0. The van der Waals surface area contributed by atoms with Crippen molar-refractivity contribution >= 4 is 11.9 Å². The number of carboxylic acids is 1. The zero-order chi connectivity index (χ0) is 14.8. The smallest absolute Gasteiger partial charge is 0.326 e. The lowest BCUT2D eigenvalue weighted by molar-refractivity contribution is -0.149. The fraction of sp³-hybridized carbons (Fsp3) is 0.529. The molecule has 3 rings (SSSR count). The fourth-order valence-electron chi connectivity index (χ4n) is 3.92. The SMILES string of the molecule is O=C(O)C1C2CCCC2CN1C(=O)CCc1ccccc1. The van der Waals surface area contributed by atoms with Crippen LogP contribution in [-0.2, 0) is 16.0 Å². The van der Waals surface area contributed by atoms with Crippen LogP contribution in [0.4, 0.5) is 0 Å². The molecule has 112 valence electrons. The van der Waals surface area contributed by atoms with Crippen molar-refractivity contribution in [3.8, 4) is 0 Å². The fourth-order valence-corrected chi connectivity index (χ4v) is 3.92. The van der Waals surface area contributed by atoms with Crippen LogP contribution < -0.4 is 0 Å². The number of carboxylic acid groups (broad SMARTS) is 1. The summed E-state index contributed by atoms with van der Waals surface area (Å²) in [7, 11) is 0. The summed E-state index contributed by atoms with van der Waals surface area (Å²) in [4.78, 5) is 25.6. The van der Waals surface area contributed by atoms with E-state index in [2.05, 4.69) is 0 Å². The van der Waals surface area contributed by atoms with E-state index in [1.165, 1.54) is 0 Å². The predicted molar refractivity (Wildman–Crippen MR) is 78.7 cm³/mol. The molecule has 1 saturated heterocycles. The molecule has 3 unspecified atom stereocenters. The Kier molecular flexibility index (Phi) is 3.95. The molecule has 1 N–H and O–H groups in total. The maximum absolute atomic E-state index is 12.4. The molecule has 1 heterocycles. The topological polar surface area (TPSA) is 57.6 Å². The van der Waals surface area contributed by atoms with Crippen LogP contribution in [0.25, 0.3) is 0 Å². The second-order valence-electron chi connectivity index (χ2n) is 6.17. The van der Waals surface area contributed by atoms with Gasteiger partial charge in [-0.1, -0.05) is 36.8 Å². The summed E-state index contributed by atoms with van der Waals surface area (Å²) in [6, 6.07) is 9.27. The standard InChI is InChI=1S/C17H21NO3/c19-15(10-9-12-5-2-1-3-6-12)18-11-13-7-4-8-14(13)16(18)17(20)21/h1-3,5-6,13-14,16H,4,7-11H2,(H,20,21). The molecule has 2 aliphatic rings. The van der Waals surface area contributed by atoms with Crippen molar-refractivity contribution in [2.45, 2.75) is 38.1 Å². The van der Waals surface area contributed by atoms with Crippen LogP contribution in [0.15, 0.2) is 30.3 Å². The van der Waals surface area contributed by atoms with E-state index in [0.717, 1.165) is 24.8 Å². The van der Waals surface area contributed by atoms with Gasteiger partial charge in [-0.25, -0.2) is 4.79 Å². The van der Waals surface area contributed by atoms with Gasteiger partial charge in [0.2, 0.25) is 5.91 Å². The van der Waals surface area contributed by atoms with Gasteiger partial charge in [-0.3, -0.25) is 4.79 Å². The summed E-state index contributed by atoms with van der Waals surface area (Å²) in [6.07, 6.45) is 4.19. The number of fused-ring (bicyclic) bond motifs is 1. The molecule has 0 radical (unpaired) electrons. The molecule has 3 atom stereocenters. The molecule has 1 aromatic rings. The average Bonchev–Trinajstić information content (AvgIpc) is 3.05. The minimum atomic E-state index is -0.836. The van der Waals surface area contributed by atoms with Crippen LogP contribution in [0.1, 0.15) is 31.2 Å². The Hall–Kier alpha value is -1.84. The zero-order valence-electron chi connectivity index (χ0n) is 12.1. The third-order valence-corrected chi connectivity index (χ3v) is 4.93. The number of nitrogens with zero attached hydrogens (tertiary/aromatic N) is 1. The van der Waals surface area contributed by atoms with Crippen LogP contribution in [0, 0.1) is 11.8 Å². The number of hydrogen-bond acceptors (Lipinski definition) is 2. The van der Waals surface area contributed by atoms with Crippen molar-refractivity contribution in [1.29, 1.82) is 0 Å². The van der Waals surface area contributed by atoms with Gasteiger partial charge in [-0.2, -0.15) is 0 Å². The molecule has 2 fully saturated rings. The van der Waals surface area contributed by atoms with Gasteiger partial charge in [0.05, 0.1) is 0 Å². The quantitative estimate of drug-likeness (QED) is 0.924. The van der Waals surface area contributed by atoms with Crippen LogP contribution >= 0.6 is 0 Å². The third kappa shape index (κ3) is 2.80. The Labute approximate surface area is 124 Å². The van der Waals surface area contributed by atoms with Crippen molar-refractivity contribution in [2.24, 2.45) is 11.8 Å². The van der Waals surface area contributed by atoms with Crippen LogP contribution in [0.5, 0.6) is 0 Å². The number of benzene rings is 1. The van der Waals surface area contributed by atoms with Gasteiger partial charge in [-0.05, 0) is 36.7 Å². The van der Waals surface area contributed by atoms with Crippen LogP contribution in [-0.4, -0.2) is 34.5 Å². The summed E-state index contributed by atoms with van der Waals surface area (Å²) in [5.41, 5.74) is 1.12. The summed E-state index contributed by atoms with van der Waals surface area (Å²) in [5, 5.41) is 9.47. The second kappa shape index (κ2) is 5.88. The molecule has 1 aliphatic heterocycles. The maximum atomic E-state index is 12.4. The van der Waals surface area contributed by atoms with Crippen molar-refractivity contribution in [2.75, 3.05) is 6.54 Å². The normalized spacial score (nSPS) is 27.6. The molecular formula is C17H21NO3. The number of carbonyl (C=O) groups excluding carboxylic acids is 1. The Morgan fingerprint density at radius 2 is 1.95 bits per heavy atom. The first-order chi connectivity index (χ1) is 10.2. The van der Waals surface area contributed by atoms with Gasteiger partial charge < -0.3 is 10.0 Å². The maximum Gasteiger partial charge on any atom is 0.326 e. The Morgan fingerprint density at radius 1 is 1.19 bits per heavy atom. The summed E-state index contributed by atoms with van der Waals surface area (Å²) in [6.45, 7) is 0.634. The lowest BCUT2D eigenvalue weighted by Gasteiger charge is -2.24. The predicted octanol–water partition coefficient (Wildman–Crippen LogP) is 2.33. The van der Waals surface area contributed by atoms with E-state index in [1.54, 1.807) is 4.90 Å². The largest absolute Gasteiger partial charge is 0.480 e. The van der Waals surface area contributed by atoms with Crippen molar-refractivity contribution in [3.05, 3.63) is 35.9 Å². The Bertz CT molecular complexity index is 528. The molecule has 0 spiro atoms. The van der Waals surface area contributed by atoms with Crippen LogP contribution in [0.3, 0.4) is 0 Å². The first-order valence-electron chi connectivity index (χ1n) is 7.73. The van der Waals surface area contributed by atoms with E-state index in [1.807, 2.05) is 30.3 Å². The number of amides is 1. The average molecular weight is 287 g/mol. The lowest BCUT2D eigenvalue weighted by atomic mass is 9.94. The number of hydrogen-bond donors (Lipinski definition) is 1. The number of aliphatic carboxylic acids is 1. The van der Waals surface area contributed by atoms with Crippen molar-refractivity contribution in [1.82, 2.24) is 4.90 Å². The van der Waals surface area contributed by atoms with Gasteiger partial charge in [0.15, 0.2) is 0 Å². The van der Waals surface area contributed by atoms with Gasteiger partial charge >= 0.3 is 5.97 Å². The van der Waals surface area contributed by atoms with Crippen LogP contribution in [0.2, 0.25) is 0 Å². The number of carbonyl (C=O) groups is 2. The van der Waals surface area contributed by atoms with E-state index < -0.39 is 12.0 Å². The first-order valence-corrected chi connectivity index (χ1v) is 7.73. The minimum absolute atomic E-state index is 0.0133. The molecule has 1 amide bonds. The van der Waals surface area contributed by atoms with E-state index in [-0.39, 0.29) is 11.8 Å². The van der Waals surface area contributed by atoms with E-state index >= 15 is 0 Å². The van der Waals surface area contributed by atoms with Crippen molar-refractivity contribution in [3.63, 3.8) is 0 Å². The molecule has 4 nitrogen and oxygen atoms in total.